The quantitative estimate of drug-likeness (QED) is 0.458. The number of ether oxygens (including phenoxy) is 1. The number of hydrazone groups is 1. The zero-order valence-corrected chi connectivity index (χ0v) is 14.0. The van der Waals surface area contributed by atoms with Gasteiger partial charge >= 0.3 is 6.18 Å². The molecule has 0 aliphatic rings. The number of halogens is 3. The van der Waals surface area contributed by atoms with Crippen LogP contribution >= 0.6 is 0 Å². The van der Waals surface area contributed by atoms with Crippen molar-refractivity contribution in [3.8, 4) is 5.75 Å². The van der Waals surface area contributed by atoms with E-state index in [9.17, 15) is 23.3 Å². The Labute approximate surface area is 147 Å². The molecule has 0 spiro atoms. The zero-order chi connectivity index (χ0) is 19.3. The maximum Gasteiger partial charge on any atom is 0.416 e. The molecule has 0 unspecified atom stereocenters. The van der Waals surface area contributed by atoms with Crippen molar-refractivity contribution >= 4 is 17.1 Å². The van der Waals surface area contributed by atoms with Gasteiger partial charge in [-0.1, -0.05) is 12.1 Å². The SMILES string of the molecule is COc1ccc(CC(C)=NNc2ccc(C(F)(F)F)cc2[N+](=O)[O-])cc1. The first-order valence-corrected chi connectivity index (χ1v) is 7.48. The Kier molecular flexibility index (Phi) is 5.81. The van der Waals surface area contributed by atoms with Gasteiger partial charge in [-0.3, -0.25) is 15.5 Å². The molecule has 0 fully saturated rings. The fourth-order valence-corrected chi connectivity index (χ4v) is 2.19. The minimum Gasteiger partial charge on any atom is -0.497 e. The molecule has 138 valence electrons. The fraction of sp³-hybridized carbons (Fsp3) is 0.235. The van der Waals surface area contributed by atoms with Crippen LogP contribution in [0.25, 0.3) is 0 Å². The van der Waals surface area contributed by atoms with E-state index in [1.54, 1.807) is 26.2 Å². The maximum absolute atomic E-state index is 12.7. The summed E-state index contributed by atoms with van der Waals surface area (Å²) >= 11 is 0. The predicted octanol–water partition coefficient (Wildman–Crippen LogP) is 4.65. The van der Waals surface area contributed by atoms with Gasteiger partial charge in [0.1, 0.15) is 11.4 Å². The highest BCUT2D eigenvalue weighted by Crippen LogP contribution is 2.34. The Morgan fingerprint density at radius 3 is 2.42 bits per heavy atom. The molecular formula is C17H16F3N3O3. The van der Waals surface area contributed by atoms with E-state index >= 15 is 0 Å². The number of nitrogens with zero attached hydrogens (tertiary/aromatic N) is 2. The standard InChI is InChI=1S/C17H16F3N3O3/c1-11(9-12-3-6-14(26-2)7-4-12)21-22-15-8-5-13(17(18,19)20)10-16(15)23(24)25/h3-8,10,22H,9H2,1-2H3. The molecule has 0 atom stereocenters. The molecule has 0 bridgehead atoms. The molecule has 0 saturated carbocycles. The number of anilines is 1. The summed E-state index contributed by atoms with van der Waals surface area (Å²) < 4.78 is 43.1. The van der Waals surface area contributed by atoms with Crippen LogP contribution in [0.5, 0.6) is 5.75 Å². The van der Waals surface area contributed by atoms with Gasteiger partial charge in [-0.15, -0.1) is 0 Å². The summed E-state index contributed by atoms with van der Waals surface area (Å²) in [6.45, 7) is 1.70. The van der Waals surface area contributed by atoms with Crippen LogP contribution in [-0.4, -0.2) is 17.7 Å². The van der Waals surface area contributed by atoms with Crippen molar-refractivity contribution < 1.29 is 22.8 Å². The second-order valence-corrected chi connectivity index (χ2v) is 5.47. The summed E-state index contributed by atoms with van der Waals surface area (Å²) in [5, 5.41) is 15.1. The lowest BCUT2D eigenvalue weighted by molar-refractivity contribution is -0.384. The zero-order valence-electron chi connectivity index (χ0n) is 14.0. The third-order valence-electron chi connectivity index (χ3n) is 3.51. The predicted molar refractivity (Wildman–Crippen MR) is 91.5 cm³/mol. The molecule has 0 aliphatic heterocycles. The van der Waals surface area contributed by atoms with Gasteiger partial charge in [-0.05, 0) is 36.8 Å². The van der Waals surface area contributed by atoms with Crippen LogP contribution in [0.3, 0.4) is 0 Å². The van der Waals surface area contributed by atoms with Gasteiger partial charge in [0, 0.05) is 18.2 Å². The average Bonchev–Trinajstić information content (AvgIpc) is 2.59. The fourth-order valence-electron chi connectivity index (χ4n) is 2.19. The van der Waals surface area contributed by atoms with Crippen molar-refractivity contribution in [1.82, 2.24) is 0 Å². The Bertz CT molecular complexity index is 818. The third-order valence-corrected chi connectivity index (χ3v) is 3.51. The van der Waals surface area contributed by atoms with E-state index in [1.165, 1.54) is 0 Å². The maximum atomic E-state index is 12.7. The van der Waals surface area contributed by atoms with Crippen molar-refractivity contribution in [2.45, 2.75) is 19.5 Å². The van der Waals surface area contributed by atoms with Gasteiger partial charge in [-0.2, -0.15) is 18.3 Å². The summed E-state index contributed by atoms with van der Waals surface area (Å²) in [6, 6.07) is 9.51. The molecule has 2 aromatic rings. The van der Waals surface area contributed by atoms with Gasteiger partial charge in [-0.25, -0.2) is 0 Å². The van der Waals surface area contributed by atoms with Gasteiger partial charge < -0.3 is 4.74 Å². The van der Waals surface area contributed by atoms with E-state index < -0.39 is 22.4 Å². The molecule has 26 heavy (non-hydrogen) atoms. The average molecular weight is 367 g/mol. The molecule has 6 nitrogen and oxygen atoms in total. The van der Waals surface area contributed by atoms with Crippen LogP contribution in [-0.2, 0) is 12.6 Å². The molecule has 0 aromatic heterocycles. The smallest absolute Gasteiger partial charge is 0.416 e. The number of hydrogen-bond donors (Lipinski definition) is 1. The first-order valence-electron chi connectivity index (χ1n) is 7.48. The summed E-state index contributed by atoms with van der Waals surface area (Å²) in [5.74, 6) is 0.710. The van der Waals surface area contributed by atoms with E-state index in [2.05, 4.69) is 10.5 Å². The first-order chi connectivity index (χ1) is 12.2. The number of nitrogens with one attached hydrogen (secondary N) is 1. The molecule has 2 aromatic carbocycles. The van der Waals surface area contributed by atoms with Crippen LogP contribution in [0.4, 0.5) is 24.5 Å². The molecule has 1 N–H and O–H groups in total. The minimum atomic E-state index is -4.66. The number of hydrogen-bond acceptors (Lipinski definition) is 5. The van der Waals surface area contributed by atoms with Gasteiger partial charge in [0.05, 0.1) is 17.6 Å². The van der Waals surface area contributed by atoms with Gasteiger partial charge in [0.15, 0.2) is 0 Å². The molecule has 0 saturated heterocycles. The van der Waals surface area contributed by atoms with E-state index in [-0.39, 0.29) is 5.69 Å². The molecule has 0 heterocycles. The van der Waals surface area contributed by atoms with Gasteiger partial charge in [0.2, 0.25) is 0 Å². The highest BCUT2D eigenvalue weighted by molar-refractivity contribution is 5.85. The van der Waals surface area contributed by atoms with Crippen molar-refractivity contribution in [1.29, 1.82) is 0 Å². The van der Waals surface area contributed by atoms with Crippen LogP contribution in [0.15, 0.2) is 47.6 Å². The number of rotatable bonds is 6. The van der Waals surface area contributed by atoms with E-state index in [1.807, 2.05) is 12.1 Å². The Balaban J connectivity index is 2.16. The number of methoxy groups -OCH3 is 1. The Hall–Kier alpha value is -3.10. The Morgan fingerprint density at radius 1 is 1.23 bits per heavy atom. The van der Waals surface area contributed by atoms with Crippen molar-refractivity contribution in [2.75, 3.05) is 12.5 Å². The van der Waals surface area contributed by atoms with Crippen molar-refractivity contribution in [2.24, 2.45) is 5.10 Å². The first kappa shape index (κ1) is 19.2. The van der Waals surface area contributed by atoms with Crippen molar-refractivity contribution in [3.05, 3.63) is 63.7 Å². The number of nitro groups is 1. The molecule has 0 radical (unpaired) electrons. The normalized spacial score (nSPS) is 12.0. The summed E-state index contributed by atoms with van der Waals surface area (Å²) in [6.07, 6.45) is -4.19. The van der Waals surface area contributed by atoms with Crippen molar-refractivity contribution in [3.63, 3.8) is 0 Å². The highest BCUT2D eigenvalue weighted by Gasteiger charge is 2.33. The van der Waals surface area contributed by atoms with Crippen LogP contribution < -0.4 is 10.2 Å². The van der Waals surface area contributed by atoms with Crippen LogP contribution in [0.2, 0.25) is 0 Å². The lowest BCUT2D eigenvalue weighted by atomic mass is 10.1. The largest absolute Gasteiger partial charge is 0.497 e. The molecule has 9 heteroatoms. The van der Waals surface area contributed by atoms with E-state index in [0.29, 0.717) is 23.9 Å². The Morgan fingerprint density at radius 2 is 1.88 bits per heavy atom. The second kappa shape index (κ2) is 7.85. The van der Waals surface area contributed by atoms with E-state index in [4.69, 9.17) is 4.74 Å². The summed E-state index contributed by atoms with van der Waals surface area (Å²) in [5.41, 5.74) is 2.12. The van der Waals surface area contributed by atoms with Gasteiger partial charge in [0.25, 0.3) is 5.69 Å². The summed E-state index contributed by atoms with van der Waals surface area (Å²) in [7, 11) is 1.56. The number of benzene rings is 2. The molecule has 2 rings (SSSR count). The van der Waals surface area contributed by atoms with E-state index in [0.717, 1.165) is 17.7 Å². The number of nitro benzene ring substituents is 1. The lowest BCUT2D eigenvalue weighted by Gasteiger charge is -2.09. The molecular weight excluding hydrogens is 351 g/mol. The van der Waals surface area contributed by atoms with Crippen LogP contribution in [0, 0.1) is 10.1 Å². The monoisotopic (exact) mass is 367 g/mol. The summed E-state index contributed by atoms with van der Waals surface area (Å²) in [4.78, 5) is 10.2. The molecule has 0 aliphatic carbocycles. The third kappa shape index (κ3) is 4.95. The number of alkyl halides is 3. The highest BCUT2D eigenvalue weighted by atomic mass is 19.4. The second-order valence-electron chi connectivity index (χ2n) is 5.47. The lowest BCUT2D eigenvalue weighted by Crippen LogP contribution is -2.07. The van der Waals surface area contributed by atoms with Crippen LogP contribution in [0.1, 0.15) is 18.1 Å². The molecule has 0 amide bonds. The minimum absolute atomic E-state index is 0.114. The topological polar surface area (TPSA) is 76.8 Å².